The summed E-state index contributed by atoms with van der Waals surface area (Å²) >= 11 is 0. The van der Waals surface area contributed by atoms with E-state index in [0.717, 1.165) is 16.8 Å². The van der Waals surface area contributed by atoms with Crippen molar-refractivity contribution in [1.29, 1.82) is 0 Å². The zero-order chi connectivity index (χ0) is 11.5. The Hall–Kier alpha value is -1.88. The molecule has 1 aromatic heterocycles. The molecule has 0 aliphatic carbocycles. The molecule has 0 fully saturated rings. The van der Waals surface area contributed by atoms with Gasteiger partial charge in [0.15, 0.2) is 0 Å². The highest BCUT2D eigenvalue weighted by Crippen LogP contribution is 2.20. The van der Waals surface area contributed by atoms with Gasteiger partial charge in [0.25, 0.3) is 0 Å². The van der Waals surface area contributed by atoms with E-state index in [4.69, 9.17) is 10.5 Å². The van der Waals surface area contributed by atoms with Crippen LogP contribution in [0.4, 0.5) is 0 Å². The van der Waals surface area contributed by atoms with Crippen molar-refractivity contribution in [3.8, 4) is 5.75 Å². The summed E-state index contributed by atoms with van der Waals surface area (Å²) in [5.74, 6) is 0.736. The van der Waals surface area contributed by atoms with Crippen molar-refractivity contribution >= 4 is 10.9 Å². The maximum Gasteiger partial charge on any atom is 0.345 e. The molecule has 0 aliphatic heterocycles. The molecule has 0 aliphatic rings. The van der Waals surface area contributed by atoms with Crippen LogP contribution < -0.4 is 16.2 Å². The molecule has 84 valence electrons. The van der Waals surface area contributed by atoms with Crippen molar-refractivity contribution in [2.45, 2.75) is 6.42 Å². The van der Waals surface area contributed by atoms with Gasteiger partial charge >= 0.3 is 5.69 Å². The minimum absolute atomic E-state index is 0.346. The van der Waals surface area contributed by atoms with E-state index in [9.17, 15) is 4.79 Å². The van der Waals surface area contributed by atoms with Crippen molar-refractivity contribution in [2.24, 2.45) is 5.73 Å². The van der Waals surface area contributed by atoms with Crippen molar-refractivity contribution in [1.82, 2.24) is 9.97 Å². The summed E-state index contributed by atoms with van der Waals surface area (Å²) in [6.45, 7) is 0.478. The third kappa shape index (κ3) is 1.90. The van der Waals surface area contributed by atoms with Crippen molar-refractivity contribution in [2.75, 3.05) is 13.7 Å². The second kappa shape index (κ2) is 4.32. The number of methoxy groups -OCH3 is 1. The number of nitrogens with zero attached hydrogens (tertiary/aromatic N) is 1. The number of nitrogens with one attached hydrogen (secondary N) is 1. The second-order valence-corrected chi connectivity index (χ2v) is 3.44. The zero-order valence-electron chi connectivity index (χ0n) is 8.99. The van der Waals surface area contributed by atoms with E-state index in [-0.39, 0.29) is 5.69 Å². The second-order valence-electron chi connectivity index (χ2n) is 3.44. The number of nitrogens with two attached hydrogens (primary N) is 1. The number of benzene rings is 1. The van der Waals surface area contributed by atoms with E-state index in [1.54, 1.807) is 19.2 Å². The summed E-state index contributed by atoms with van der Waals surface area (Å²) < 4.78 is 5.13. The van der Waals surface area contributed by atoms with Gasteiger partial charge in [0.1, 0.15) is 5.75 Å². The molecule has 0 amide bonds. The fourth-order valence-corrected chi connectivity index (χ4v) is 1.66. The van der Waals surface area contributed by atoms with Gasteiger partial charge in [-0.15, -0.1) is 0 Å². The Labute approximate surface area is 92.3 Å². The van der Waals surface area contributed by atoms with Gasteiger partial charge in [0, 0.05) is 17.5 Å². The van der Waals surface area contributed by atoms with Crippen LogP contribution in [-0.2, 0) is 6.42 Å². The molecule has 5 nitrogen and oxygen atoms in total. The Kier molecular flexibility index (Phi) is 2.87. The zero-order valence-corrected chi connectivity index (χ0v) is 8.99. The summed E-state index contributed by atoms with van der Waals surface area (Å²) in [5, 5.41) is 0.879. The Morgan fingerprint density at radius 2 is 2.31 bits per heavy atom. The summed E-state index contributed by atoms with van der Waals surface area (Å²) in [6, 6.07) is 5.40. The number of rotatable bonds is 3. The molecule has 16 heavy (non-hydrogen) atoms. The topological polar surface area (TPSA) is 81.0 Å². The Balaban J connectivity index is 2.70. The largest absolute Gasteiger partial charge is 0.497 e. The fourth-order valence-electron chi connectivity index (χ4n) is 1.66. The summed E-state index contributed by atoms with van der Waals surface area (Å²) in [5.41, 5.74) is 6.61. The predicted octanol–water partition coefficient (Wildman–Crippen LogP) is 0.433. The molecule has 1 aromatic carbocycles. The van der Waals surface area contributed by atoms with Crippen molar-refractivity contribution < 1.29 is 4.74 Å². The van der Waals surface area contributed by atoms with Crippen LogP contribution in [0.15, 0.2) is 23.0 Å². The standard InChI is InChI=1S/C11H13N3O2/c1-16-7-2-3-9-8(6-7)10(4-5-12)14-11(15)13-9/h2-3,6H,4-5,12H2,1H3,(H,13,14,15). The van der Waals surface area contributed by atoms with Gasteiger partial charge in [0.2, 0.25) is 0 Å². The molecule has 0 saturated carbocycles. The predicted molar refractivity (Wildman–Crippen MR) is 61.7 cm³/mol. The lowest BCUT2D eigenvalue weighted by Gasteiger charge is -2.06. The number of ether oxygens (including phenoxy) is 1. The van der Waals surface area contributed by atoms with E-state index < -0.39 is 0 Å². The Morgan fingerprint density at radius 1 is 1.50 bits per heavy atom. The Morgan fingerprint density at radius 3 is 3.00 bits per heavy atom. The lowest BCUT2D eigenvalue weighted by Crippen LogP contribution is -2.15. The molecule has 0 unspecified atom stereocenters. The number of aromatic amines is 1. The first-order chi connectivity index (χ1) is 7.74. The lowest BCUT2D eigenvalue weighted by atomic mass is 10.1. The van der Waals surface area contributed by atoms with Crippen LogP contribution in [0.5, 0.6) is 5.75 Å². The molecular formula is C11H13N3O2. The van der Waals surface area contributed by atoms with Crippen LogP contribution in [-0.4, -0.2) is 23.6 Å². The minimum atomic E-state index is -0.346. The SMILES string of the molecule is COc1ccc2nc(=O)[nH]c(CCN)c2c1. The van der Waals surface area contributed by atoms with Crippen LogP contribution in [0, 0.1) is 0 Å². The molecular weight excluding hydrogens is 206 g/mol. The maximum atomic E-state index is 11.3. The number of aromatic nitrogens is 2. The molecule has 0 radical (unpaired) electrons. The molecule has 0 spiro atoms. The van der Waals surface area contributed by atoms with Crippen LogP contribution in [0.3, 0.4) is 0 Å². The lowest BCUT2D eigenvalue weighted by molar-refractivity contribution is 0.415. The summed E-state index contributed by atoms with van der Waals surface area (Å²) in [4.78, 5) is 17.9. The maximum absolute atomic E-state index is 11.3. The number of fused-ring (bicyclic) bond motifs is 1. The van der Waals surface area contributed by atoms with Gasteiger partial charge in [-0.05, 0) is 24.7 Å². The fraction of sp³-hybridized carbons (Fsp3) is 0.273. The van der Waals surface area contributed by atoms with Gasteiger partial charge in [-0.25, -0.2) is 4.79 Å². The first-order valence-electron chi connectivity index (χ1n) is 5.01. The third-order valence-electron chi connectivity index (χ3n) is 2.40. The average molecular weight is 219 g/mol. The molecule has 0 atom stereocenters. The van der Waals surface area contributed by atoms with E-state index >= 15 is 0 Å². The first kappa shape index (κ1) is 10.6. The van der Waals surface area contributed by atoms with Gasteiger partial charge in [-0.2, -0.15) is 4.98 Å². The van der Waals surface area contributed by atoms with Crippen LogP contribution >= 0.6 is 0 Å². The smallest absolute Gasteiger partial charge is 0.345 e. The number of H-pyrrole nitrogens is 1. The molecule has 1 heterocycles. The monoisotopic (exact) mass is 219 g/mol. The first-order valence-corrected chi connectivity index (χ1v) is 5.01. The molecule has 0 saturated heterocycles. The van der Waals surface area contributed by atoms with Crippen LogP contribution in [0.1, 0.15) is 5.69 Å². The van der Waals surface area contributed by atoms with Gasteiger partial charge < -0.3 is 15.5 Å². The average Bonchev–Trinajstić information content (AvgIpc) is 2.29. The number of hydrogen-bond acceptors (Lipinski definition) is 4. The highest BCUT2D eigenvalue weighted by atomic mass is 16.5. The summed E-state index contributed by atoms with van der Waals surface area (Å²) in [7, 11) is 1.60. The van der Waals surface area contributed by atoms with E-state index in [1.807, 2.05) is 6.07 Å². The highest BCUT2D eigenvalue weighted by molar-refractivity contribution is 5.82. The normalized spacial score (nSPS) is 10.6. The molecule has 5 heteroatoms. The minimum Gasteiger partial charge on any atom is -0.497 e. The van der Waals surface area contributed by atoms with Gasteiger partial charge in [-0.3, -0.25) is 0 Å². The van der Waals surface area contributed by atoms with E-state index in [0.29, 0.717) is 18.5 Å². The van der Waals surface area contributed by atoms with Crippen LogP contribution in [0.25, 0.3) is 10.9 Å². The van der Waals surface area contributed by atoms with E-state index in [2.05, 4.69) is 9.97 Å². The van der Waals surface area contributed by atoms with Crippen molar-refractivity contribution in [3.05, 3.63) is 34.4 Å². The molecule has 2 rings (SSSR count). The van der Waals surface area contributed by atoms with Gasteiger partial charge in [0.05, 0.1) is 12.6 Å². The van der Waals surface area contributed by atoms with Gasteiger partial charge in [-0.1, -0.05) is 0 Å². The number of hydrogen-bond donors (Lipinski definition) is 2. The third-order valence-corrected chi connectivity index (χ3v) is 2.40. The Bertz CT molecular complexity index is 563. The van der Waals surface area contributed by atoms with E-state index in [1.165, 1.54) is 0 Å². The quantitative estimate of drug-likeness (QED) is 0.784. The summed E-state index contributed by atoms with van der Waals surface area (Å²) in [6.07, 6.45) is 0.613. The van der Waals surface area contributed by atoms with Crippen LogP contribution in [0.2, 0.25) is 0 Å². The molecule has 2 aromatic rings. The van der Waals surface area contributed by atoms with Crippen molar-refractivity contribution in [3.63, 3.8) is 0 Å². The molecule has 3 N–H and O–H groups in total. The highest BCUT2D eigenvalue weighted by Gasteiger charge is 2.05. The molecule has 0 bridgehead atoms.